The molecule has 7 nitrogen and oxygen atoms in total. The second kappa shape index (κ2) is 10.9. The lowest BCUT2D eigenvalue weighted by Gasteiger charge is -2.36. The molecule has 218 valence electrons. The maximum absolute atomic E-state index is 15.3. The summed E-state index contributed by atoms with van der Waals surface area (Å²) in [5.41, 5.74) is -3.90. The van der Waals surface area contributed by atoms with Gasteiger partial charge in [0.05, 0.1) is 18.8 Å². The summed E-state index contributed by atoms with van der Waals surface area (Å²) in [6.07, 6.45) is -5.43. The number of anilines is 1. The molecule has 2 heterocycles. The topological polar surface area (TPSA) is 84.9 Å². The normalized spacial score (nSPS) is 23.1. The first kappa shape index (κ1) is 29.2. The van der Waals surface area contributed by atoms with Crippen LogP contribution in [-0.4, -0.2) is 35.6 Å². The van der Waals surface area contributed by atoms with Gasteiger partial charge in [-0.05, 0) is 31.0 Å². The lowest BCUT2D eigenvalue weighted by atomic mass is 9.67. The third-order valence-electron chi connectivity index (χ3n) is 7.67. The average Bonchev–Trinajstić information content (AvgIpc) is 3.37. The van der Waals surface area contributed by atoms with Gasteiger partial charge in [0, 0.05) is 5.56 Å². The quantitative estimate of drug-likeness (QED) is 0.299. The van der Waals surface area contributed by atoms with Gasteiger partial charge in [-0.15, -0.1) is 0 Å². The smallest absolute Gasteiger partial charge is 0.412 e. The van der Waals surface area contributed by atoms with Crippen molar-refractivity contribution in [1.29, 1.82) is 0 Å². The zero-order chi connectivity index (χ0) is 30.3. The van der Waals surface area contributed by atoms with Gasteiger partial charge in [0.1, 0.15) is 17.5 Å². The van der Waals surface area contributed by atoms with Gasteiger partial charge in [0.25, 0.3) is 5.91 Å². The maximum Gasteiger partial charge on any atom is 0.412 e. The maximum atomic E-state index is 15.3. The first-order valence-electron chi connectivity index (χ1n) is 13.2. The van der Waals surface area contributed by atoms with Crippen LogP contribution in [0.3, 0.4) is 0 Å². The van der Waals surface area contributed by atoms with Crippen LogP contribution in [0.15, 0.2) is 78.9 Å². The molecular formula is C31H27F3N2O5S. The van der Waals surface area contributed by atoms with Crippen LogP contribution >= 0.6 is 12.2 Å². The summed E-state index contributed by atoms with van der Waals surface area (Å²) in [7, 11) is 0. The van der Waals surface area contributed by atoms with E-state index in [0.717, 1.165) is 0 Å². The number of fused-ring (bicyclic) bond motifs is 2. The van der Waals surface area contributed by atoms with Crippen LogP contribution in [0.1, 0.15) is 29.2 Å². The van der Waals surface area contributed by atoms with Gasteiger partial charge in [-0.25, -0.2) is 0 Å². The van der Waals surface area contributed by atoms with Gasteiger partial charge in [-0.3, -0.25) is 14.4 Å². The number of amides is 1. The number of aryl methyl sites for hydroxylation is 1. The van der Waals surface area contributed by atoms with Crippen LogP contribution in [0.25, 0.3) is 0 Å². The molecule has 0 aliphatic carbocycles. The molecule has 3 atom stereocenters. The molecular weight excluding hydrogens is 569 g/mol. The number of alkyl halides is 3. The molecule has 42 heavy (non-hydrogen) atoms. The Morgan fingerprint density at radius 2 is 1.60 bits per heavy atom. The molecule has 1 fully saturated rings. The monoisotopic (exact) mass is 596 g/mol. The second-order valence-corrected chi connectivity index (χ2v) is 10.6. The summed E-state index contributed by atoms with van der Waals surface area (Å²) in [6, 6.07) is 22.0. The number of hydrogen-bond acceptors (Lipinski definition) is 6. The van der Waals surface area contributed by atoms with Gasteiger partial charge in [-0.2, -0.15) is 13.2 Å². The third-order valence-corrected chi connectivity index (χ3v) is 8.10. The molecule has 1 saturated heterocycles. The number of benzene rings is 3. The van der Waals surface area contributed by atoms with Crippen molar-refractivity contribution < 1.29 is 37.0 Å². The average molecular weight is 597 g/mol. The van der Waals surface area contributed by atoms with Crippen molar-refractivity contribution in [1.82, 2.24) is 5.32 Å². The van der Waals surface area contributed by atoms with Crippen LogP contribution in [0.5, 0.6) is 0 Å². The molecule has 5 rings (SSSR count). The molecule has 2 aliphatic heterocycles. The summed E-state index contributed by atoms with van der Waals surface area (Å²) in [5.74, 6) is -6.53. The first-order chi connectivity index (χ1) is 20.0. The Kier molecular flexibility index (Phi) is 7.57. The predicted octanol–water partition coefficient (Wildman–Crippen LogP) is 5.14. The van der Waals surface area contributed by atoms with Crippen molar-refractivity contribution in [3.05, 3.63) is 101 Å². The van der Waals surface area contributed by atoms with E-state index >= 15 is 13.2 Å². The standard InChI is InChI=1S/C31H27F3N2O5S/c1-3-40-28(39)29(31(32,33)34)24(25(37)41-18-21-12-8-5-9-13-21)30(35-26(29)42)22-16-19(2)14-15-23(22)36(27(30)38)17-20-10-6-4-7-11-20/h4-16,24H,3,17-18H2,1-2H3,(H,35,42)/t24-,29-,30+/m1/s1. The number of esters is 2. The zero-order valence-corrected chi connectivity index (χ0v) is 23.6. The highest BCUT2D eigenvalue weighted by molar-refractivity contribution is 7.80. The molecule has 1 amide bonds. The van der Waals surface area contributed by atoms with Gasteiger partial charge in [0.15, 0.2) is 5.54 Å². The van der Waals surface area contributed by atoms with Crippen LogP contribution in [0.4, 0.5) is 18.9 Å². The van der Waals surface area contributed by atoms with Crippen molar-refractivity contribution in [2.45, 2.75) is 38.7 Å². The molecule has 0 radical (unpaired) electrons. The number of hydrogen-bond donors (Lipinski definition) is 1. The fourth-order valence-corrected chi connectivity index (χ4v) is 6.27. The molecule has 1 N–H and O–H groups in total. The van der Waals surface area contributed by atoms with Gasteiger partial charge in [0.2, 0.25) is 5.41 Å². The van der Waals surface area contributed by atoms with E-state index in [2.05, 4.69) is 5.32 Å². The molecule has 3 aromatic rings. The van der Waals surface area contributed by atoms with Crippen molar-refractivity contribution in [2.75, 3.05) is 11.5 Å². The first-order valence-corrected chi connectivity index (χ1v) is 13.6. The Morgan fingerprint density at radius 1 is 0.976 bits per heavy atom. The number of thiocarbonyl (C=S) groups is 1. The van der Waals surface area contributed by atoms with E-state index in [1.54, 1.807) is 79.7 Å². The summed E-state index contributed by atoms with van der Waals surface area (Å²) >= 11 is 5.25. The minimum atomic E-state index is -5.43. The molecule has 2 aliphatic rings. The molecule has 1 spiro atoms. The van der Waals surface area contributed by atoms with E-state index < -0.39 is 59.1 Å². The molecule has 0 unspecified atom stereocenters. The number of ether oxygens (including phenoxy) is 2. The van der Waals surface area contributed by atoms with Gasteiger partial charge < -0.3 is 19.7 Å². The Morgan fingerprint density at radius 3 is 2.19 bits per heavy atom. The van der Waals surface area contributed by atoms with E-state index in [1.807, 2.05) is 0 Å². The molecule has 3 aromatic carbocycles. The van der Waals surface area contributed by atoms with Gasteiger partial charge in [-0.1, -0.05) is 90.6 Å². The summed E-state index contributed by atoms with van der Waals surface area (Å²) in [6.45, 7) is 2.24. The number of nitrogens with zero attached hydrogens (tertiary/aromatic N) is 1. The van der Waals surface area contributed by atoms with Crippen LogP contribution in [-0.2, 0) is 42.5 Å². The SMILES string of the molecule is CCOC(=O)[C@]1(C(F)(F)F)C(=S)N[C@]2(C(=O)N(Cc3ccccc3)c3ccc(C)cc32)[C@@H]1C(=O)OCc1ccccc1. The Labute approximate surface area is 245 Å². The third kappa shape index (κ3) is 4.43. The second-order valence-electron chi connectivity index (χ2n) is 10.2. The Balaban J connectivity index is 1.73. The van der Waals surface area contributed by atoms with Crippen molar-refractivity contribution >= 4 is 40.7 Å². The largest absolute Gasteiger partial charge is 0.465 e. The van der Waals surface area contributed by atoms with Crippen molar-refractivity contribution in [2.24, 2.45) is 11.3 Å². The van der Waals surface area contributed by atoms with Crippen LogP contribution < -0.4 is 10.2 Å². The van der Waals surface area contributed by atoms with Crippen LogP contribution in [0, 0.1) is 18.3 Å². The zero-order valence-electron chi connectivity index (χ0n) is 22.7. The van der Waals surface area contributed by atoms with Crippen molar-refractivity contribution in [3.63, 3.8) is 0 Å². The highest BCUT2D eigenvalue weighted by Gasteiger charge is 2.83. The fourth-order valence-electron chi connectivity index (χ4n) is 5.80. The van der Waals surface area contributed by atoms with E-state index in [-0.39, 0.29) is 17.8 Å². The lowest BCUT2D eigenvalue weighted by Crippen LogP contribution is -2.59. The number of halogens is 3. The summed E-state index contributed by atoms with van der Waals surface area (Å²) < 4.78 is 56.3. The number of carbonyl (C=O) groups excluding carboxylic acids is 3. The number of carbonyl (C=O) groups is 3. The number of nitrogens with one attached hydrogen (secondary N) is 1. The number of rotatable bonds is 7. The van der Waals surface area contributed by atoms with E-state index in [0.29, 0.717) is 16.7 Å². The molecule has 11 heteroatoms. The minimum absolute atomic E-state index is 0.00384. The summed E-state index contributed by atoms with van der Waals surface area (Å²) in [5, 5.41) is 2.56. The molecule has 0 aromatic heterocycles. The van der Waals surface area contributed by atoms with E-state index in [9.17, 15) is 14.4 Å². The van der Waals surface area contributed by atoms with Crippen molar-refractivity contribution in [3.8, 4) is 0 Å². The Bertz CT molecular complexity index is 1550. The predicted molar refractivity (Wildman–Crippen MR) is 151 cm³/mol. The highest BCUT2D eigenvalue weighted by atomic mass is 32.1. The van der Waals surface area contributed by atoms with Crippen LogP contribution in [0.2, 0.25) is 0 Å². The Hall–Kier alpha value is -4.25. The minimum Gasteiger partial charge on any atom is -0.465 e. The van der Waals surface area contributed by atoms with E-state index in [4.69, 9.17) is 21.7 Å². The van der Waals surface area contributed by atoms with Gasteiger partial charge >= 0.3 is 18.1 Å². The fraction of sp³-hybridized carbons (Fsp3) is 0.290. The van der Waals surface area contributed by atoms with E-state index in [1.165, 1.54) is 17.9 Å². The highest BCUT2D eigenvalue weighted by Crippen LogP contribution is 2.61. The summed E-state index contributed by atoms with van der Waals surface area (Å²) in [4.78, 5) is 42.2. The lowest BCUT2D eigenvalue weighted by molar-refractivity contribution is -0.230. The molecule has 0 bridgehead atoms. The molecule has 0 saturated carbocycles.